The van der Waals surface area contributed by atoms with Crippen molar-refractivity contribution in [3.8, 4) is 0 Å². The van der Waals surface area contributed by atoms with Crippen LogP contribution in [-0.4, -0.2) is 30.9 Å². The van der Waals surface area contributed by atoms with Gasteiger partial charge in [0.15, 0.2) is 0 Å². The van der Waals surface area contributed by atoms with Gasteiger partial charge in [-0.2, -0.15) is 0 Å². The van der Waals surface area contributed by atoms with Crippen molar-refractivity contribution >= 4 is 6.98 Å². The Labute approximate surface area is 77.4 Å². The summed E-state index contributed by atoms with van der Waals surface area (Å²) in [5.41, 5.74) is 0. The molecule has 0 aromatic carbocycles. The van der Waals surface area contributed by atoms with E-state index in [9.17, 15) is 12.9 Å². The average molecular weight is 194 g/mol. The molecule has 0 amide bonds. The van der Waals surface area contributed by atoms with E-state index in [1.54, 1.807) is 4.90 Å². The normalized spacial score (nSPS) is 18.2. The maximum absolute atomic E-state index is 12.1. The maximum atomic E-state index is 12.1. The minimum atomic E-state index is -4.63. The molecule has 0 aromatic rings. The highest BCUT2D eigenvalue weighted by atomic mass is 19.4. The van der Waals surface area contributed by atoms with Gasteiger partial charge in [-0.1, -0.05) is 13.3 Å². The summed E-state index contributed by atoms with van der Waals surface area (Å²) in [4.78, 5) is 1.60. The summed E-state index contributed by atoms with van der Waals surface area (Å²) in [6.45, 7) is -2.02. The highest BCUT2D eigenvalue weighted by Crippen LogP contribution is 2.28. The highest BCUT2D eigenvalue weighted by Gasteiger charge is 2.34. The Balaban J connectivity index is 2.29. The van der Waals surface area contributed by atoms with Crippen molar-refractivity contribution in [2.75, 3.05) is 13.0 Å². The molecule has 0 aliphatic heterocycles. The van der Waals surface area contributed by atoms with Crippen molar-refractivity contribution in [1.29, 1.82) is 0 Å². The average Bonchev–Trinajstić information content (AvgIpc) is 2.77. The second kappa shape index (κ2) is 4.35. The fraction of sp³-hybridized carbons (Fsp3) is 1.00. The molecular formula is C8H16BF3N-. The molecule has 0 radical (unpaired) electrons. The maximum Gasteiger partial charge on any atom is 0.492 e. The number of nitrogens with zero attached hydrogens (tertiary/aromatic N) is 1. The predicted molar refractivity (Wildman–Crippen MR) is 48.6 cm³/mol. The molecule has 0 atom stereocenters. The van der Waals surface area contributed by atoms with E-state index in [0.717, 1.165) is 25.7 Å². The van der Waals surface area contributed by atoms with Crippen molar-refractivity contribution in [1.82, 2.24) is 4.90 Å². The van der Waals surface area contributed by atoms with Gasteiger partial charge in [-0.3, -0.25) is 0 Å². The van der Waals surface area contributed by atoms with Gasteiger partial charge in [0.25, 0.3) is 0 Å². The number of hydrogen-bond acceptors (Lipinski definition) is 1. The van der Waals surface area contributed by atoms with Crippen molar-refractivity contribution in [2.24, 2.45) is 0 Å². The zero-order chi connectivity index (χ0) is 9.90. The first-order chi connectivity index (χ1) is 6.03. The lowest BCUT2D eigenvalue weighted by molar-refractivity contribution is 0.265. The summed E-state index contributed by atoms with van der Waals surface area (Å²) in [7, 11) is 0. The lowest BCUT2D eigenvalue weighted by Crippen LogP contribution is -2.39. The summed E-state index contributed by atoms with van der Waals surface area (Å²) < 4.78 is 36.4. The van der Waals surface area contributed by atoms with Crippen LogP contribution in [0, 0.1) is 0 Å². The predicted octanol–water partition coefficient (Wildman–Crippen LogP) is 2.64. The molecule has 0 spiro atoms. The van der Waals surface area contributed by atoms with Gasteiger partial charge >= 0.3 is 6.98 Å². The van der Waals surface area contributed by atoms with E-state index in [1.807, 2.05) is 6.92 Å². The first-order valence-electron chi connectivity index (χ1n) is 4.98. The minimum absolute atomic E-state index is 0.232. The molecule has 0 unspecified atom stereocenters. The van der Waals surface area contributed by atoms with E-state index < -0.39 is 13.4 Å². The Bertz CT molecular complexity index is 156. The van der Waals surface area contributed by atoms with Crippen LogP contribution < -0.4 is 0 Å². The smallest absolute Gasteiger partial charge is 0.448 e. The molecule has 0 saturated heterocycles. The number of halogens is 3. The van der Waals surface area contributed by atoms with Crippen LogP contribution in [0.2, 0.25) is 0 Å². The monoisotopic (exact) mass is 194 g/mol. The Morgan fingerprint density at radius 3 is 2.31 bits per heavy atom. The van der Waals surface area contributed by atoms with Gasteiger partial charge in [-0.15, -0.1) is 0 Å². The molecule has 0 N–H and O–H groups in total. The topological polar surface area (TPSA) is 3.24 Å². The molecule has 1 saturated carbocycles. The zero-order valence-electron chi connectivity index (χ0n) is 7.98. The van der Waals surface area contributed by atoms with E-state index >= 15 is 0 Å². The van der Waals surface area contributed by atoms with E-state index in [0.29, 0.717) is 6.54 Å². The van der Waals surface area contributed by atoms with Crippen LogP contribution in [0.25, 0.3) is 0 Å². The molecule has 0 bridgehead atoms. The highest BCUT2D eigenvalue weighted by molar-refractivity contribution is 6.58. The standard InChI is InChI=1S/C8H16BF3N/c1-2-3-6-13(8-4-5-8)7-9(10,11)12/h8H,2-7H2,1H3/q-1. The third kappa shape index (κ3) is 4.55. The number of rotatable bonds is 6. The number of unbranched alkanes of at least 4 members (excludes halogenated alkanes) is 1. The summed E-state index contributed by atoms with van der Waals surface area (Å²) in [6.07, 6.45) is 3.09. The van der Waals surface area contributed by atoms with E-state index in [1.165, 1.54) is 0 Å². The Kier molecular flexibility index (Phi) is 3.65. The van der Waals surface area contributed by atoms with E-state index in [4.69, 9.17) is 0 Å². The molecular weight excluding hydrogens is 178 g/mol. The molecule has 5 heteroatoms. The van der Waals surface area contributed by atoms with Crippen molar-refractivity contribution in [2.45, 2.75) is 38.6 Å². The van der Waals surface area contributed by atoms with Gasteiger partial charge in [-0.25, -0.2) is 0 Å². The third-order valence-electron chi connectivity index (χ3n) is 2.30. The minimum Gasteiger partial charge on any atom is -0.448 e. The van der Waals surface area contributed by atoms with Gasteiger partial charge in [0, 0.05) is 6.04 Å². The largest absolute Gasteiger partial charge is 0.492 e. The van der Waals surface area contributed by atoms with Crippen LogP contribution in [0.3, 0.4) is 0 Å². The van der Waals surface area contributed by atoms with Crippen LogP contribution in [-0.2, 0) is 0 Å². The second-order valence-corrected chi connectivity index (χ2v) is 3.79. The second-order valence-electron chi connectivity index (χ2n) is 3.79. The van der Waals surface area contributed by atoms with Crippen LogP contribution in [0.15, 0.2) is 0 Å². The summed E-state index contributed by atoms with van der Waals surface area (Å²) in [5, 5.41) is 0. The summed E-state index contributed by atoms with van der Waals surface area (Å²) >= 11 is 0. The molecule has 13 heavy (non-hydrogen) atoms. The first-order valence-corrected chi connectivity index (χ1v) is 4.98. The summed E-state index contributed by atoms with van der Waals surface area (Å²) in [5.74, 6) is 0. The van der Waals surface area contributed by atoms with Crippen LogP contribution >= 0.6 is 0 Å². The Hall–Kier alpha value is -0.185. The van der Waals surface area contributed by atoms with E-state index in [2.05, 4.69) is 0 Å². The van der Waals surface area contributed by atoms with Crippen molar-refractivity contribution in [3.05, 3.63) is 0 Å². The fourth-order valence-corrected chi connectivity index (χ4v) is 1.49. The fourth-order valence-electron chi connectivity index (χ4n) is 1.49. The molecule has 1 rings (SSSR count). The van der Waals surface area contributed by atoms with Crippen molar-refractivity contribution < 1.29 is 12.9 Å². The van der Waals surface area contributed by atoms with Gasteiger partial charge in [0.05, 0.1) is 0 Å². The molecule has 0 aromatic heterocycles. The van der Waals surface area contributed by atoms with Gasteiger partial charge in [-0.05, 0) is 32.3 Å². The van der Waals surface area contributed by atoms with Crippen LogP contribution in [0.1, 0.15) is 32.6 Å². The van der Waals surface area contributed by atoms with Gasteiger partial charge in [0.1, 0.15) is 0 Å². The molecule has 1 aliphatic carbocycles. The zero-order valence-corrected chi connectivity index (χ0v) is 7.98. The Morgan fingerprint density at radius 2 is 1.92 bits per heavy atom. The molecule has 1 nitrogen and oxygen atoms in total. The molecule has 1 fully saturated rings. The lowest BCUT2D eigenvalue weighted by atomic mass is 9.91. The van der Waals surface area contributed by atoms with Crippen LogP contribution in [0.4, 0.5) is 12.9 Å². The molecule has 1 aliphatic rings. The van der Waals surface area contributed by atoms with Crippen LogP contribution in [0.5, 0.6) is 0 Å². The molecule has 78 valence electrons. The number of hydrogen-bond donors (Lipinski definition) is 0. The van der Waals surface area contributed by atoms with Crippen molar-refractivity contribution in [3.63, 3.8) is 0 Å². The molecule has 0 heterocycles. The van der Waals surface area contributed by atoms with Gasteiger partial charge in [0.2, 0.25) is 0 Å². The van der Waals surface area contributed by atoms with Gasteiger partial charge < -0.3 is 17.8 Å². The lowest BCUT2D eigenvalue weighted by Gasteiger charge is -2.27. The Morgan fingerprint density at radius 1 is 1.31 bits per heavy atom. The third-order valence-corrected chi connectivity index (χ3v) is 2.30. The van der Waals surface area contributed by atoms with E-state index in [-0.39, 0.29) is 6.04 Å². The SMILES string of the molecule is CCCCN(C[B-](F)(F)F)C1CC1. The summed E-state index contributed by atoms with van der Waals surface area (Å²) in [6, 6.07) is 0.232. The first kappa shape index (κ1) is 10.9. The quantitative estimate of drug-likeness (QED) is 0.587.